The first-order valence-electron chi connectivity index (χ1n) is 9.53. The highest BCUT2D eigenvalue weighted by atomic mass is 19.1. The largest absolute Gasteiger partial charge is 0.487 e. The lowest BCUT2D eigenvalue weighted by molar-refractivity contribution is 0.188. The van der Waals surface area contributed by atoms with Gasteiger partial charge in [0.1, 0.15) is 24.0 Å². The van der Waals surface area contributed by atoms with Crippen molar-refractivity contribution in [3.05, 3.63) is 94.7 Å². The van der Waals surface area contributed by atoms with Crippen molar-refractivity contribution in [1.29, 1.82) is 0 Å². The van der Waals surface area contributed by atoms with E-state index in [-0.39, 0.29) is 18.2 Å². The fraction of sp³-hybridized carbons (Fsp3) is 0.292. The highest BCUT2D eigenvalue weighted by molar-refractivity contribution is 5.73. The predicted octanol–water partition coefficient (Wildman–Crippen LogP) is 6.43. The van der Waals surface area contributed by atoms with Crippen molar-refractivity contribution >= 4 is 6.21 Å². The van der Waals surface area contributed by atoms with Crippen LogP contribution in [0.1, 0.15) is 40.2 Å². The lowest BCUT2D eigenvalue weighted by atomic mass is 10.1. The average Bonchev–Trinajstić information content (AvgIpc) is 2.63. The number of ether oxygens (including phenoxy) is 1. The molecule has 1 aliphatic heterocycles. The Balaban J connectivity index is 2.22. The zero-order valence-corrected chi connectivity index (χ0v) is 17.7. The van der Waals surface area contributed by atoms with E-state index in [0.29, 0.717) is 11.5 Å². The summed E-state index contributed by atoms with van der Waals surface area (Å²) in [6.07, 6.45) is 9.20. The van der Waals surface area contributed by atoms with Crippen molar-refractivity contribution in [3.63, 3.8) is 0 Å². The molecule has 5 heteroatoms. The topological polar surface area (TPSA) is 24.8 Å². The number of benzene rings is 1. The van der Waals surface area contributed by atoms with E-state index in [1.165, 1.54) is 18.2 Å². The number of rotatable bonds is 7. The highest BCUT2D eigenvalue weighted by Gasteiger charge is 2.21. The molecule has 0 radical (unpaired) electrons. The van der Waals surface area contributed by atoms with Crippen molar-refractivity contribution in [1.82, 2.24) is 4.90 Å². The van der Waals surface area contributed by atoms with Crippen LogP contribution in [0.5, 0.6) is 0 Å². The second kappa shape index (κ2) is 10.0. The Morgan fingerprint density at radius 1 is 1.21 bits per heavy atom. The van der Waals surface area contributed by atoms with E-state index in [9.17, 15) is 8.78 Å². The van der Waals surface area contributed by atoms with Crippen LogP contribution in [0.15, 0.2) is 82.5 Å². The van der Waals surface area contributed by atoms with Crippen LogP contribution in [0.3, 0.4) is 0 Å². The van der Waals surface area contributed by atoms with Gasteiger partial charge in [0, 0.05) is 24.2 Å². The van der Waals surface area contributed by atoms with Crippen LogP contribution in [0.4, 0.5) is 8.78 Å². The molecule has 1 aromatic rings. The molecular formula is C24H28F2N2O. The van der Waals surface area contributed by atoms with Gasteiger partial charge in [-0.25, -0.2) is 8.78 Å². The molecule has 1 aliphatic rings. The van der Waals surface area contributed by atoms with Gasteiger partial charge in [0.05, 0.1) is 11.3 Å². The van der Waals surface area contributed by atoms with Crippen LogP contribution in [0, 0.1) is 11.6 Å². The zero-order valence-electron chi connectivity index (χ0n) is 17.7. The van der Waals surface area contributed by atoms with Crippen LogP contribution in [0.2, 0.25) is 0 Å². The first kappa shape index (κ1) is 22.3. The first-order valence-corrected chi connectivity index (χ1v) is 9.53. The van der Waals surface area contributed by atoms with Crippen molar-refractivity contribution in [2.75, 3.05) is 0 Å². The predicted molar refractivity (Wildman–Crippen MR) is 115 cm³/mol. The smallest absolute Gasteiger partial charge is 0.143 e. The zero-order chi connectivity index (χ0) is 21.6. The van der Waals surface area contributed by atoms with Crippen LogP contribution in [-0.4, -0.2) is 17.2 Å². The van der Waals surface area contributed by atoms with E-state index in [0.717, 1.165) is 16.8 Å². The summed E-state index contributed by atoms with van der Waals surface area (Å²) >= 11 is 0. The molecule has 0 fully saturated rings. The SMILES string of the molecule is C=C1C(OCc2c(F)cccc2F)=CC=CN1C(=C(C)C)/C(C)=C/C=N\C(C)C. The van der Waals surface area contributed by atoms with Gasteiger partial charge >= 0.3 is 0 Å². The van der Waals surface area contributed by atoms with Crippen LogP contribution in [0.25, 0.3) is 0 Å². The number of allylic oxidation sites excluding steroid dienone is 5. The first-order chi connectivity index (χ1) is 13.7. The minimum atomic E-state index is -0.632. The van der Waals surface area contributed by atoms with Gasteiger partial charge in [0.25, 0.3) is 0 Å². The van der Waals surface area contributed by atoms with Gasteiger partial charge in [0.15, 0.2) is 0 Å². The molecule has 1 aromatic carbocycles. The van der Waals surface area contributed by atoms with Crippen LogP contribution < -0.4 is 0 Å². The molecule has 154 valence electrons. The van der Waals surface area contributed by atoms with Crippen molar-refractivity contribution < 1.29 is 13.5 Å². The summed E-state index contributed by atoms with van der Waals surface area (Å²) in [6.45, 7) is 14.0. The number of hydrogen-bond donors (Lipinski definition) is 0. The van der Waals surface area contributed by atoms with E-state index in [4.69, 9.17) is 4.74 Å². The van der Waals surface area contributed by atoms with E-state index in [2.05, 4.69) is 11.6 Å². The molecule has 1 heterocycles. The Morgan fingerprint density at radius 3 is 2.45 bits per heavy atom. The van der Waals surface area contributed by atoms with Crippen molar-refractivity contribution in [2.45, 2.75) is 47.3 Å². The van der Waals surface area contributed by atoms with E-state index >= 15 is 0 Å². The van der Waals surface area contributed by atoms with Gasteiger partial charge in [-0.3, -0.25) is 4.99 Å². The third kappa shape index (κ3) is 5.76. The normalized spacial score (nSPS) is 14.6. The lowest BCUT2D eigenvalue weighted by Gasteiger charge is -2.30. The lowest BCUT2D eigenvalue weighted by Crippen LogP contribution is -2.22. The molecule has 0 bridgehead atoms. The number of nitrogens with zero attached hydrogens (tertiary/aromatic N) is 2. The van der Waals surface area contributed by atoms with E-state index in [1.807, 2.05) is 57.9 Å². The van der Waals surface area contributed by atoms with Gasteiger partial charge < -0.3 is 9.64 Å². The minimum absolute atomic E-state index is 0.106. The molecule has 0 saturated carbocycles. The quantitative estimate of drug-likeness (QED) is 0.391. The summed E-state index contributed by atoms with van der Waals surface area (Å²) < 4.78 is 33.5. The fourth-order valence-electron chi connectivity index (χ4n) is 2.91. The molecule has 3 nitrogen and oxygen atoms in total. The average molecular weight is 398 g/mol. The Labute approximate surface area is 172 Å². The van der Waals surface area contributed by atoms with Crippen LogP contribution >= 0.6 is 0 Å². The molecule has 2 rings (SSSR count). The minimum Gasteiger partial charge on any atom is -0.487 e. The van der Waals surface area contributed by atoms with Gasteiger partial charge in [0.2, 0.25) is 0 Å². The maximum atomic E-state index is 13.9. The third-order valence-electron chi connectivity index (χ3n) is 4.29. The fourth-order valence-corrected chi connectivity index (χ4v) is 2.91. The molecule has 0 aliphatic carbocycles. The molecule has 0 unspecified atom stereocenters. The van der Waals surface area contributed by atoms with Crippen molar-refractivity contribution in [2.24, 2.45) is 4.99 Å². The molecule has 0 saturated heterocycles. The summed E-state index contributed by atoms with van der Waals surface area (Å²) in [4.78, 5) is 6.29. The maximum Gasteiger partial charge on any atom is 0.143 e. The van der Waals surface area contributed by atoms with Crippen molar-refractivity contribution in [3.8, 4) is 0 Å². The molecule has 0 atom stereocenters. The second-order valence-corrected chi connectivity index (χ2v) is 7.27. The maximum absolute atomic E-state index is 13.9. The molecule has 0 aromatic heterocycles. The Hall–Kier alpha value is -2.95. The Kier molecular flexibility index (Phi) is 7.71. The number of hydrogen-bond acceptors (Lipinski definition) is 3. The molecule has 0 N–H and O–H groups in total. The van der Waals surface area contributed by atoms with Crippen LogP contribution in [-0.2, 0) is 11.3 Å². The van der Waals surface area contributed by atoms with E-state index in [1.54, 1.807) is 12.3 Å². The van der Waals surface area contributed by atoms with Gasteiger partial charge in [-0.2, -0.15) is 0 Å². The molecule has 29 heavy (non-hydrogen) atoms. The summed E-state index contributed by atoms with van der Waals surface area (Å²) in [5.41, 5.74) is 3.55. The number of halogens is 2. The summed E-state index contributed by atoms with van der Waals surface area (Å²) in [7, 11) is 0. The standard InChI is InChI=1S/C24H28F2N2O/c1-16(2)24(18(5)12-13-27-17(3)4)28-14-8-11-23(19(28)6)29-15-20-21(25)9-7-10-22(20)26/h7-14,17H,6,15H2,1-5H3/b18-12+,27-13-. The van der Waals surface area contributed by atoms with Gasteiger partial charge in [-0.15, -0.1) is 0 Å². The van der Waals surface area contributed by atoms with Gasteiger partial charge in [-0.1, -0.05) is 18.2 Å². The Bertz CT molecular complexity index is 897. The summed E-state index contributed by atoms with van der Waals surface area (Å²) in [5.74, 6) is -0.808. The second-order valence-electron chi connectivity index (χ2n) is 7.27. The van der Waals surface area contributed by atoms with E-state index < -0.39 is 11.6 Å². The molecule has 0 amide bonds. The number of aliphatic imine (C=N–C) groups is 1. The summed E-state index contributed by atoms with van der Waals surface area (Å²) in [6, 6.07) is 3.98. The highest BCUT2D eigenvalue weighted by Crippen LogP contribution is 2.30. The molecular weight excluding hydrogens is 370 g/mol. The molecule has 0 spiro atoms. The van der Waals surface area contributed by atoms with Gasteiger partial charge in [-0.05, 0) is 70.6 Å². The third-order valence-corrected chi connectivity index (χ3v) is 4.29. The monoisotopic (exact) mass is 398 g/mol. The summed E-state index contributed by atoms with van der Waals surface area (Å²) in [5, 5.41) is 0. The Morgan fingerprint density at radius 2 is 1.86 bits per heavy atom.